The number of hydrogen-bond acceptors (Lipinski definition) is 6. The number of piperazine rings is 1. The van der Waals surface area contributed by atoms with Gasteiger partial charge in [0.25, 0.3) is 0 Å². The van der Waals surface area contributed by atoms with Crippen LogP contribution in [0.5, 0.6) is 0 Å². The predicted molar refractivity (Wildman–Crippen MR) is 90.8 cm³/mol. The number of aromatic nitrogens is 2. The molecule has 0 radical (unpaired) electrons. The van der Waals surface area contributed by atoms with E-state index < -0.39 is 0 Å². The van der Waals surface area contributed by atoms with Crippen LogP contribution in [0.15, 0.2) is 6.07 Å². The second kappa shape index (κ2) is 7.12. The highest BCUT2D eigenvalue weighted by Crippen LogP contribution is 2.18. The Morgan fingerprint density at radius 3 is 2.57 bits per heavy atom. The van der Waals surface area contributed by atoms with Gasteiger partial charge >= 0.3 is 0 Å². The fourth-order valence-electron chi connectivity index (χ4n) is 2.86. The molecule has 0 atom stereocenters. The van der Waals surface area contributed by atoms with Crippen LogP contribution in [0, 0.1) is 0 Å². The largest absolute Gasteiger partial charge is 0.365 e. The third kappa shape index (κ3) is 3.72. The number of carbonyl (C=O) groups is 1. The molecule has 0 unspecified atom stereocenters. The highest BCUT2D eigenvalue weighted by molar-refractivity contribution is 5.76. The van der Waals surface area contributed by atoms with E-state index in [9.17, 15) is 4.79 Å². The first-order valence-electron chi connectivity index (χ1n) is 8.57. The summed E-state index contributed by atoms with van der Waals surface area (Å²) in [5, 5.41) is 6.72. The second-order valence-electron chi connectivity index (χ2n) is 6.12. The molecule has 1 aromatic heterocycles. The normalized spacial score (nSPS) is 18.7. The summed E-state index contributed by atoms with van der Waals surface area (Å²) in [7, 11) is 0. The number of aryl methyl sites for hydroxylation is 1. The summed E-state index contributed by atoms with van der Waals surface area (Å²) < 4.78 is 0. The molecule has 1 amide bonds. The number of carbonyl (C=O) groups excluding carboxylic acids is 1. The smallest absolute Gasteiger partial charge is 0.227 e. The maximum atomic E-state index is 11.8. The molecular formula is C16H26N6O. The standard InChI is InChI=1S/C16H26N6O/c1-3-12-9-14(18-13-10-17-11-13)20-16(19-12)22-7-5-21(6-8-22)15(23)4-2/h9,13,17H,3-8,10-11H2,1-2H3,(H,18,19,20). The van der Waals surface area contributed by atoms with Crippen molar-refractivity contribution in [2.75, 3.05) is 49.5 Å². The van der Waals surface area contributed by atoms with Crippen molar-refractivity contribution in [1.29, 1.82) is 0 Å². The van der Waals surface area contributed by atoms with Crippen LogP contribution in [0.3, 0.4) is 0 Å². The van der Waals surface area contributed by atoms with Crippen LogP contribution in [0.4, 0.5) is 11.8 Å². The van der Waals surface area contributed by atoms with Crippen LogP contribution in [0.2, 0.25) is 0 Å². The summed E-state index contributed by atoms with van der Waals surface area (Å²) in [6.45, 7) is 9.09. The maximum Gasteiger partial charge on any atom is 0.227 e. The van der Waals surface area contributed by atoms with Gasteiger partial charge < -0.3 is 20.4 Å². The lowest BCUT2D eigenvalue weighted by Gasteiger charge is -2.35. The predicted octanol–water partition coefficient (Wildman–Crippen LogP) is 0.481. The highest BCUT2D eigenvalue weighted by Gasteiger charge is 2.23. The number of hydrogen-bond donors (Lipinski definition) is 2. The van der Waals surface area contributed by atoms with Crippen molar-refractivity contribution >= 4 is 17.7 Å². The minimum Gasteiger partial charge on any atom is -0.365 e. The average Bonchev–Trinajstić information content (AvgIpc) is 2.57. The Bertz CT molecular complexity index is 552. The van der Waals surface area contributed by atoms with E-state index in [1.165, 1.54) is 0 Å². The summed E-state index contributed by atoms with van der Waals surface area (Å²) >= 11 is 0. The van der Waals surface area contributed by atoms with Gasteiger partial charge in [0.1, 0.15) is 5.82 Å². The van der Waals surface area contributed by atoms with Gasteiger partial charge in [0, 0.05) is 57.4 Å². The molecule has 0 bridgehead atoms. The Balaban J connectivity index is 1.69. The average molecular weight is 318 g/mol. The van der Waals surface area contributed by atoms with Crippen molar-refractivity contribution in [2.24, 2.45) is 0 Å². The van der Waals surface area contributed by atoms with Crippen molar-refractivity contribution in [3.63, 3.8) is 0 Å². The van der Waals surface area contributed by atoms with E-state index in [4.69, 9.17) is 0 Å². The molecule has 126 valence electrons. The van der Waals surface area contributed by atoms with Crippen LogP contribution in [0.25, 0.3) is 0 Å². The van der Waals surface area contributed by atoms with Gasteiger partial charge in [-0.25, -0.2) is 4.98 Å². The third-order valence-corrected chi connectivity index (χ3v) is 4.48. The Morgan fingerprint density at radius 2 is 2.00 bits per heavy atom. The molecule has 0 spiro atoms. The lowest BCUT2D eigenvalue weighted by Crippen LogP contribution is -2.51. The summed E-state index contributed by atoms with van der Waals surface area (Å²) in [6.07, 6.45) is 1.46. The van der Waals surface area contributed by atoms with E-state index in [0.717, 1.165) is 63.1 Å². The van der Waals surface area contributed by atoms with E-state index in [1.54, 1.807) is 0 Å². The third-order valence-electron chi connectivity index (χ3n) is 4.48. The molecule has 0 saturated carbocycles. The first-order chi connectivity index (χ1) is 11.2. The first-order valence-corrected chi connectivity index (χ1v) is 8.57. The maximum absolute atomic E-state index is 11.8. The van der Waals surface area contributed by atoms with Crippen LogP contribution < -0.4 is 15.5 Å². The zero-order valence-corrected chi connectivity index (χ0v) is 14.0. The summed E-state index contributed by atoms with van der Waals surface area (Å²) in [5.41, 5.74) is 1.05. The number of anilines is 2. The summed E-state index contributed by atoms with van der Waals surface area (Å²) in [6, 6.07) is 2.50. The molecule has 0 aliphatic carbocycles. The van der Waals surface area contributed by atoms with Crippen LogP contribution in [-0.4, -0.2) is 66.1 Å². The van der Waals surface area contributed by atoms with Crippen molar-refractivity contribution in [1.82, 2.24) is 20.2 Å². The molecule has 1 aromatic rings. The van der Waals surface area contributed by atoms with Crippen LogP contribution in [-0.2, 0) is 11.2 Å². The molecule has 7 nitrogen and oxygen atoms in total. The van der Waals surface area contributed by atoms with Gasteiger partial charge in [-0.3, -0.25) is 4.79 Å². The molecular weight excluding hydrogens is 292 g/mol. The molecule has 2 saturated heterocycles. The number of amides is 1. The molecule has 2 fully saturated rings. The van der Waals surface area contributed by atoms with Crippen molar-refractivity contribution in [2.45, 2.75) is 32.7 Å². The Hall–Kier alpha value is -1.89. The van der Waals surface area contributed by atoms with Gasteiger partial charge in [-0.2, -0.15) is 4.98 Å². The SMILES string of the molecule is CCC(=O)N1CCN(c2nc(CC)cc(NC3CNC3)n2)CC1. The molecule has 23 heavy (non-hydrogen) atoms. The molecule has 7 heteroatoms. The molecule has 2 aliphatic heterocycles. The minimum absolute atomic E-state index is 0.229. The van der Waals surface area contributed by atoms with Crippen molar-refractivity contribution < 1.29 is 4.79 Å². The Kier molecular flexibility index (Phi) is 4.95. The zero-order chi connectivity index (χ0) is 16.2. The molecule has 2 N–H and O–H groups in total. The van der Waals surface area contributed by atoms with Gasteiger partial charge in [-0.1, -0.05) is 13.8 Å². The Labute approximate surface area is 137 Å². The first kappa shape index (κ1) is 16.0. The van der Waals surface area contributed by atoms with Crippen molar-refractivity contribution in [3.8, 4) is 0 Å². The van der Waals surface area contributed by atoms with E-state index in [1.807, 2.05) is 17.9 Å². The topological polar surface area (TPSA) is 73.4 Å². The van der Waals surface area contributed by atoms with Crippen LogP contribution in [0.1, 0.15) is 26.0 Å². The number of rotatable bonds is 5. The summed E-state index contributed by atoms with van der Waals surface area (Å²) in [4.78, 5) is 25.3. The molecule has 3 heterocycles. The van der Waals surface area contributed by atoms with E-state index in [2.05, 4.69) is 32.4 Å². The van der Waals surface area contributed by atoms with Crippen LogP contribution >= 0.6 is 0 Å². The van der Waals surface area contributed by atoms with E-state index >= 15 is 0 Å². The quantitative estimate of drug-likeness (QED) is 0.823. The highest BCUT2D eigenvalue weighted by atomic mass is 16.2. The fourth-order valence-corrected chi connectivity index (χ4v) is 2.86. The van der Waals surface area contributed by atoms with E-state index in [0.29, 0.717) is 12.5 Å². The molecule has 3 rings (SSSR count). The van der Waals surface area contributed by atoms with Gasteiger partial charge in [-0.05, 0) is 6.42 Å². The van der Waals surface area contributed by atoms with E-state index in [-0.39, 0.29) is 5.91 Å². The van der Waals surface area contributed by atoms with Gasteiger partial charge in [-0.15, -0.1) is 0 Å². The molecule has 0 aromatic carbocycles. The molecule has 2 aliphatic rings. The number of nitrogens with one attached hydrogen (secondary N) is 2. The lowest BCUT2D eigenvalue weighted by molar-refractivity contribution is -0.131. The van der Waals surface area contributed by atoms with Gasteiger partial charge in [0.15, 0.2) is 0 Å². The summed E-state index contributed by atoms with van der Waals surface area (Å²) in [5.74, 6) is 1.92. The Morgan fingerprint density at radius 1 is 1.26 bits per heavy atom. The van der Waals surface area contributed by atoms with Crippen molar-refractivity contribution in [3.05, 3.63) is 11.8 Å². The lowest BCUT2D eigenvalue weighted by atomic mass is 10.2. The fraction of sp³-hybridized carbons (Fsp3) is 0.688. The minimum atomic E-state index is 0.229. The zero-order valence-electron chi connectivity index (χ0n) is 14.0. The van der Waals surface area contributed by atoms with Gasteiger partial charge in [0.05, 0.1) is 6.04 Å². The number of nitrogens with zero attached hydrogens (tertiary/aromatic N) is 4. The monoisotopic (exact) mass is 318 g/mol. The second-order valence-corrected chi connectivity index (χ2v) is 6.12. The van der Waals surface area contributed by atoms with Gasteiger partial charge in [0.2, 0.25) is 11.9 Å².